The molecule has 0 aliphatic carbocycles. The fourth-order valence-corrected chi connectivity index (χ4v) is 3.83. The van der Waals surface area contributed by atoms with Gasteiger partial charge in [0.25, 0.3) is 5.56 Å². The third-order valence-corrected chi connectivity index (χ3v) is 5.36. The molecule has 3 aromatic carbocycles. The first kappa shape index (κ1) is 21.5. The standard InChI is InChI=1S/C25H19F3N2O2/c1-15(17-11-12-20(25(26,27)28)19-10-6-5-9-18(17)19)13-22(31)21-14-23(32)30-24(29-21)16-7-3-2-4-8-16/h2-12,14-15H,13H2,1H3,(H,29,30,32)/t15-/m0/s1. The first-order chi connectivity index (χ1) is 15.2. The average molecular weight is 436 g/mol. The predicted molar refractivity (Wildman–Crippen MR) is 117 cm³/mol. The largest absolute Gasteiger partial charge is 0.417 e. The van der Waals surface area contributed by atoms with Gasteiger partial charge in [0, 0.05) is 18.1 Å². The highest BCUT2D eigenvalue weighted by atomic mass is 19.4. The van der Waals surface area contributed by atoms with E-state index in [0.717, 1.165) is 12.1 Å². The quantitative estimate of drug-likeness (QED) is 0.391. The second-order valence-electron chi connectivity index (χ2n) is 7.62. The molecular weight excluding hydrogens is 417 g/mol. The molecule has 0 unspecified atom stereocenters. The van der Waals surface area contributed by atoms with E-state index < -0.39 is 17.3 Å². The summed E-state index contributed by atoms with van der Waals surface area (Å²) in [6, 6.07) is 18.9. The molecule has 1 heterocycles. The number of fused-ring (bicyclic) bond motifs is 1. The van der Waals surface area contributed by atoms with Crippen LogP contribution in [0.2, 0.25) is 0 Å². The van der Waals surface area contributed by atoms with Crippen molar-refractivity contribution in [2.24, 2.45) is 0 Å². The van der Waals surface area contributed by atoms with E-state index in [4.69, 9.17) is 0 Å². The zero-order chi connectivity index (χ0) is 22.9. The Labute approximate surface area is 181 Å². The lowest BCUT2D eigenvalue weighted by atomic mass is 9.88. The Bertz CT molecular complexity index is 1340. The van der Waals surface area contributed by atoms with Crippen LogP contribution in [0.1, 0.15) is 40.9 Å². The van der Waals surface area contributed by atoms with Crippen LogP contribution in [-0.4, -0.2) is 15.8 Å². The summed E-state index contributed by atoms with van der Waals surface area (Å²) in [6.45, 7) is 1.78. The van der Waals surface area contributed by atoms with E-state index in [-0.39, 0.29) is 35.0 Å². The van der Waals surface area contributed by atoms with Crippen LogP contribution < -0.4 is 5.56 Å². The third-order valence-electron chi connectivity index (χ3n) is 5.36. The summed E-state index contributed by atoms with van der Waals surface area (Å²) in [4.78, 5) is 32.0. The van der Waals surface area contributed by atoms with Gasteiger partial charge in [-0.3, -0.25) is 9.59 Å². The minimum Gasteiger partial charge on any atom is -0.306 e. The number of nitrogens with one attached hydrogen (secondary N) is 1. The molecule has 162 valence electrons. The summed E-state index contributed by atoms with van der Waals surface area (Å²) < 4.78 is 40.2. The highest BCUT2D eigenvalue weighted by molar-refractivity contribution is 5.96. The van der Waals surface area contributed by atoms with Gasteiger partial charge in [0.1, 0.15) is 11.5 Å². The van der Waals surface area contributed by atoms with Gasteiger partial charge in [0.2, 0.25) is 0 Å². The van der Waals surface area contributed by atoms with Gasteiger partial charge in [-0.1, -0.05) is 67.6 Å². The molecule has 0 aliphatic rings. The summed E-state index contributed by atoms with van der Waals surface area (Å²) in [6.07, 6.45) is -4.47. The number of ketones is 1. The molecule has 7 heteroatoms. The van der Waals surface area contributed by atoms with E-state index in [1.54, 1.807) is 49.4 Å². The molecule has 1 atom stereocenters. The van der Waals surface area contributed by atoms with Gasteiger partial charge in [-0.2, -0.15) is 13.2 Å². The molecule has 32 heavy (non-hydrogen) atoms. The Balaban J connectivity index is 1.66. The molecule has 4 rings (SSSR count). The minimum absolute atomic E-state index is 0.0000415. The molecule has 0 fully saturated rings. The molecule has 4 nitrogen and oxygen atoms in total. The lowest BCUT2D eigenvalue weighted by Gasteiger charge is -2.17. The second-order valence-corrected chi connectivity index (χ2v) is 7.62. The topological polar surface area (TPSA) is 62.8 Å². The van der Waals surface area contributed by atoms with Crippen molar-refractivity contribution in [2.45, 2.75) is 25.4 Å². The van der Waals surface area contributed by atoms with Gasteiger partial charge >= 0.3 is 6.18 Å². The molecule has 0 saturated carbocycles. The first-order valence-corrected chi connectivity index (χ1v) is 10.0. The highest BCUT2D eigenvalue weighted by Crippen LogP contribution is 2.38. The maximum atomic E-state index is 13.4. The summed E-state index contributed by atoms with van der Waals surface area (Å²) in [7, 11) is 0. The maximum absolute atomic E-state index is 13.4. The molecule has 1 aromatic heterocycles. The molecule has 1 N–H and O–H groups in total. The third kappa shape index (κ3) is 4.32. The van der Waals surface area contributed by atoms with Crippen molar-refractivity contribution >= 4 is 16.6 Å². The fourth-order valence-electron chi connectivity index (χ4n) is 3.83. The zero-order valence-electron chi connectivity index (χ0n) is 17.1. The number of hydrogen-bond acceptors (Lipinski definition) is 3. The number of aromatic amines is 1. The van der Waals surface area contributed by atoms with Crippen molar-refractivity contribution in [1.29, 1.82) is 0 Å². The van der Waals surface area contributed by atoms with Gasteiger partial charge < -0.3 is 4.98 Å². The summed E-state index contributed by atoms with van der Waals surface area (Å²) >= 11 is 0. The summed E-state index contributed by atoms with van der Waals surface area (Å²) in [5, 5.41) is 0.545. The Hall–Kier alpha value is -3.74. The van der Waals surface area contributed by atoms with Crippen molar-refractivity contribution in [3.8, 4) is 11.4 Å². The number of rotatable bonds is 5. The smallest absolute Gasteiger partial charge is 0.306 e. The number of benzene rings is 3. The number of Topliss-reactive ketones (excluding diaryl/α,β-unsaturated/α-hetero) is 1. The van der Waals surface area contributed by atoms with E-state index >= 15 is 0 Å². The predicted octanol–water partition coefficient (Wildman–Crippen LogP) is 5.99. The average Bonchev–Trinajstić information content (AvgIpc) is 2.77. The summed E-state index contributed by atoms with van der Waals surface area (Å²) in [5.74, 6) is -0.449. The maximum Gasteiger partial charge on any atom is 0.417 e. The van der Waals surface area contributed by atoms with Crippen LogP contribution in [0.25, 0.3) is 22.2 Å². The monoisotopic (exact) mass is 436 g/mol. The Morgan fingerprint density at radius 2 is 1.62 bits per heavy atom. The Kier molecular flexibility index (Phi) is 5.65. The molecule has 0 spiro atoms. The first-order valence-electron chi connectivity index (χ1n) is 10.0. The van der Waals surface area contributed by atoms with Crippen molar-refractivity contribution in [1.82, 2.24) is 9.97 Å². The van der Waals surface area contributed by atoms with Gasteiger partial charge in [0.05, 0.1) is 5.56 Å². The Morgan fingerprint density at radius 1 is 0.969 bits per heavy atom. The van der Waals surface area contributed by atoms with E-state index in [9.17, 15) is 22.8 Å². The number of halogens is 3. The van der Waals surface area contributed by atoms with Gasteiger partial charge in [-0.25, -0.2) is 4.98 Å². The highest BCUT2D eigenvalue weighted by Gasteiger charge is 2.33. The number of H-pyrrole nitrogens is 1. The number of carbonyl (C=O) groups excluding carboxylic acids is 1. The fraction of sp³-hybridized carbons (Fsp3) is 0.160. The van der Waals surface area contributed by atoms with Crippen molar-refractivity contribution in [2.75, 3.05) is 0 Å². The van der Waals surface area contributed by atoms with E-state index in [0.29, 0.717) is 16.5 Å². The van der Waals surface area contributed by atoms with E-state index in [2.05, 4.69) is 9.97 Å². The van der Waals surface area contributed by atoms with Crippen LogP contribution in [-0.2, 0) is 6.18 Å². The second kappa shape index (κ2) is 8.42. The lowest BCUT2D eigenvalue weighted by Crippen LogP contribution is -2.15. The van der Waals surface area contributed by atoms with Crippen molar-refractivity contribution < 1.29 is 18.0 Å². The number of alkyl halides is 3. The zero-order valence-corrected chi connectivity index (χ0v) is 17.1. The van der Waals surface area contributed by atoms with Gasteiger partial charge in [-0.15, -0.1) is 0 Å². The van der Waals surface area contributed by atoms with Crippen LogP contribution in [0.3, 0.4) is 0 Å². The van der Waals surface area contributed by atoms with Crippen LogP contribution in [0.5, 0.6) is 0 Å². The SMILES string of the molecule is C[C@@H](CC(=O)c1cc(=O)[nH]c(-c2ccccc2)n1)c1ccc(C(F)(F)F)c2ccccc12. The molecule has 0 bridgehead atoms. The molecule has 4 aromatic rings. The van der Waals surface area contributed by atoms with Crippen molar-refractivity contribution in [3.05, 3.63) is 100.0 Å². The van der Waals surface area contributed by atoms with Gasteiger partial charge in [0.15, 0.2) is 5.78 Å². The summed E-state index contributed by atoms with van der Waals surface area (Å²) in [5.41, 5.74) is 0.167. The van der Waals surface area contributed by atoms with E-state index in [1.165, 1.54) is 12.1 Å². The van der Waals surface area contributed by atoms with Crippen LogP contribution in [0.15, 0.2) is 77.6 Å². The normalized spacial score (nSPS) is 12.6. The minimum atomic E-state index is -4.47. The molecule has 0 aliphatic heterocycles. The molecular formula is C25H19F3N2O2. The number of nitrogens with zero attached hydrogens (tertiary/aromatic N) is 1. The lowest BCUT2D eigenvalue weighted by molar-refractivity contribution is -0.136. The van der Waals surface area contributed by atoms with Crippen LogP contribution in [0, 0.1) is 0 Å². The number of aromatic nitrogens is 2. The molecule has 0 amide bonds. The van der Waals surface area contributed by atoms with E-state index in [1.807, 2.05) is 6.07 Å². The number of carbonyl (C=O) groups is 1. The Morgan fingerprint density at radius 3 is 2.31 bits per heavy atom. The molecule has 0 saturated heterocycles. The molecule has 0 radical (unpaired) electrons. The van der Waals surface area contributed by atoms with Crippen molar-refractivity contribution in [3.63, 3.8) is 0 Å². The van der Waals surface area contributed by atoms with Crippen LogP contribution in [0.4, 0.5) is 13.2 Å². The van der Waals surface area contributed by atoms with Gasteiger partial charge in [-0.05, 0) is 28.3 Å². The number of hydrogen-bond donors (Lipinski definition) is 1. The van der Waals surface area contributed by atoms with Crippen LogP contribution >= 0.6 is 0 Å².